The first-order valence-corrected chi connectivity index (χ1v) is 8.71. The molecule has 0 radical (unpaired) electrons. The Morgan fingerprint density at radius 2 is 0.923 bits per heavy atom. The van der Waals surface area contributed by atoms with Crippen molar-refractivity contribution in [2.24, 2.45) is 0 Å². The van der Waals surface area contributed by atoms with Crippen molar-refractivity contribution in [1.29, 1.82) is 0 Å². The Balaban J connectivity index is 1.74. The van der Waals surface area contributed by atoms with E-state index < -0.39 is 0 Å². The summed E-state index contributed by atoms with van der Waals surface area (Å²) in [6.45, 7) is 0. The molecule has 2 heteroatoms. The van der Waals surface area contributed by atoms with Crippen LogP contribution in [0, 0.1) is 0 Å². The molecule has 26 heavy (non-hydrogen) atoms. The second-order valence-electron chi connectivity index (χ2n) is 6.57. The zero-order valence-corrected chi connectivity index (χ0v) is 13.9. The van der Waals surface area contributed by atoms with Crippen LogP contribution in [0.2, 0.25) is 0 Å². The van der Waals surface area contributed by atoms with Crippen molar-refractivity contribution in [3.8, 4) is 23.0 Å². The summed E-state index contributed by atoms with van der Waals surface area (Å²) in [5, 5.41) is 6.69. The second kappa shape index (κ2) is 4.99. The number of hydrogen-bond donors (Lipinski definition) is 0. The van der Waals surface area contributed by atoms with Gasteiger partial charge < -0.3 is 9.47 Å². The lowest BCUT2D eigenvalue weighted by Crippen LogP contribution is -2.01. The van der Waals surface area contributed by atoms with Crippen molar-refractivity contribution in [3.05, 3.63) is 84.9 Å². The van der Waals surface area contributed by atoms with Crippen LogP contribution in [-0.4, -0.2) is 0 Å². The molecule has 0 aromatic heterocycles. The maximum absolute atomic E-state index is 6.49. The quantitative estimate of drug-likeness (QED) is 0.277. The molecular weight excluding hydrogens is 320 g/mol. The van der Waals surface area contributed by atoms with E-state index in [9.17, 15) is 0 Å². The minimum atomic E-state index is 0.761. The highest BCUT2D eigenvalue weighted by atomic mass is 16.6. The smallest absolute Gasteiger partial charge is 0.178 e. The van der Waals surface area contributed by atoms with Gasteiger partial charge in [-0.15, -0.1) is 0 Å². The van der Waals surface area contributed by atoms with E-state index >= 15 is 0 Å². The third-order valence-corrected chi connectivity index (χ3v) is 5.10. The molecule has 0 amide bonds. The molecule has 0 fully saturated rings. The van der Waals surface area contributed by atoms with E-state index in [2.05, 4.69) is 54.6 Å². The standard InChI is InChI=1S/C24H14O2/c1-2-8-16-15(7-1)13-14-21-22(16)26-24-20-12-6-4-10-18(20)17-9-3-5-11-19(17)23(24)25-21/h1-14H. The zero-order valence-electron chi connectivity index (χ0n) is 13.9. The van der Waals surface area contributed by atoms with Crippen molar-refractivity contribution in [1.82, 2.24) is 0 Å². The molecule has 1 heterocycles. The Morgan fingerprint density at radius 1 is 0.385 bits per heavy atom. The normalized spacial score (nSPS) is 12.5. The monoisotopic (exact) mass is 334 g/mol. The third kappa shape index (κ3) is 1.76. The van der Waals surface area contributed by atoms with E-state index in [1.54, 1.807) is 0 Å². The molecule has 0 N–H and O–H groups in total. The molecule has 0 spiro atoms. The minimum Gasteiger partial charge on any atom is -0.449 e. The maximum atomic E-state index is 6.49. The van der Waals surface area contributed by atoms with Crippen molar-refractivity contribution in [2.75, 3.05) is 0 Å². The van der Waals surface area contributed by atoms with E-state index in [0.29, 0.717) is 0 Å². The fourth-order valence-electron chi connectivity index (χ4n) is 3.90. The van der Waals surface area contributed by atoms with Crippen molar-refractivity contribution < 1.29 is 9.47 Å². The summed E-state index contributed by atoms with van der Waals surface area (Å²) >= 11 is 0. The molecular formula is C24H14O2. The molecule has 1 aliphatic rings. The molecule has 0 bridgehead atoms. The molecule has 0 saturated heterocycles. The SMILES string of the molecule is c1ccc2c3c(ccc2c1)Oc1c(c2ccccc2c2ccccc12)O3. The predicted molar refractivity (Wildman–Crippen MR) is 106 cm³/mol. The van der Waals surface area contributed by atoms with Gasteiger partial charge in [0, 0.05) is 16.2 Å². The Kier molecular flexibility index (Phi) is 2.64. The predicted octanol–water partition coefficient (Wildman–Crippen LogP) is 7.04. The molecule has 5 aromatic rings. The number of rotatable bonds is 0. The summed E-state index contributed by atoms with van der Waals surface area (Å²) in [6.07, 6.45) is 0. The maximum Gasteiger partial charge on any atom is 0.178 e. The van der Waals surface area contributed by atoms with Crippen LogP contribution in [-0.2, 0) is 0 Å². The summed E-state index contributed by atoms with van der Waals surface area (Å²) in [7, 11) is 0. The van der Waals surface area contributed by atoms with E-state index in [1.165, 1.54) is 10.8 Å². The topological polar surface area (TPSA) is 18.5 Å². The summed E-state index contributed by atoms with van der Waals surface area (Å²) < 4.78 is 12.9. The van der Waals surface area contributed by atoms with E-state index in [0.717, 1.165) is 44.5 Å². The fourth-order valence-corrected chi connectivity index (χ4v) is 3.90. The molecule has 6 rings (SSSR count). The van der Waals surface area contributed by atoms with Crippen molar-refractivity contribution >= 4 is 32.3 Å². The van der Waals surface area contributed by atoms with Gasteiger partial charge in [0.25, 0.3) is 0 Å². The first-order valence-electron chi connectivity index (χ1n) is 8.71. The highest BCUT2D eigenvalue weighted by Crippen LogP contribution is 2.54. The number of fused-ring (bicyclic) bond motifs is 9. The Labute approximate surface area is 150 Å². The van der Waals surface area contributed by atoms with Gasteiger partial charge in [0.15, 0.2) is 23.0 Å². The fraction of sp³-hybridized carbons (Fsp3) is 0. The summed E-state index contributed by atoms with van der Waals surface area (Å²) in [5.74, 6) is 3.14. The molecule has 0 aliphatic carbocycles. The van der Waals surface area contributed by atoms with Gasteiger partial charge in [0.1, 0.15) is 0 Å². The highest BCUT2D eigenvalue weighted by Gasteiger charge is 2.25. The van der Waals surface area contributed by atoms with Gasteiger partial charge in [-0.2, -0.15) is 0 Å². The van der Waals surface area contributed by atoms with Gasteiger partial charge in [-0.1, -0.05) is 78.9 Å². The molecule has 0 atom stereocenters. The summed E-state index contributed by atoms with van der Waals surface area (Å²) in [4.78, 5) is 0. The van der Waals surface area contributed by atoms with Gasteiger partial charge in [-0.25, -0.2) is 0 Å². The Bertz CT molecular complexity index is 1330. The number of benzene rings is 5. The molecule has 5 aromatic carbocycles. The lowest BCUT2D eigenvalue weighted by molar-refractivity contribution is 0.370. The average molecular weight is 334 g/mol. The first kappa shape index (κ1) is 13.7. The largest absolute Gasteiger partial charge is 0.449 e. The van der Waals surface area contributed by atoms with Gasteiger partial charge in [-0.05, 0) is 22.2 Å². The third-order valence-electron chi connectivity index (χ3n) is 5.10. The van der Waals surface area contributed by atoms with Gasteiger partial charge in [0.05, 0.1) is 0 Å². The van der Waals surface area contributed by atoms with E-state index in [1.807, 2.05) is 30.3 Å². The highest BCUT2D eigenvalue weighted by molar-refractivity contribution is 6.14. The van der Waals surface area contributed by atoms with Crippen LogP contribution in [0.25, 0.3) is 32.3 Å². The van der Waals surface area contributed by atoms with Gasteiger partial charge >= 0.3 is 0 Å². The molecule has 0 saturated carbocycles. The van der Waals surface area contributed by atoms with Gasteiger partial charge in [0.2, 0.25) is 0 Å². The van der Waals surface area contributed by atoms with E-state index in [-0.39, 0.29) is 0 Å². The molecule has 0 unspecified atom stereocenters. The van der Waals surface area contributed by atoms with Crippen LogP contribution in [0.4, 0.5) is 0 Å². The van der Waals surface area contributed by atoms with Gasteiger partial charge in [-0.3, -0.25) is 0 Å². The minimum absolute atomic E-state index is 0.761. The summed E-state index contributed by atoms with van der Waals surface area (Å²) in [5.41, 5.74) is 0. The zero-order chi connectivity index (χ0) is 17.1. The average Bonchev–Trinajstić information content (AvgIpc) is 2.73. The molecule has 122 valence electrons. The molecule has 1 aliphatic heterocycles. The van der Waals surface area contributed by atoms with Crippen molar-refractivity contribution in [3.63, 3.8) is 0 Å². The van der Waals surface area contributed by atoms with Crippen LogP contribution in [0.1, 0.15) is 0 Å². The Hall–Kier alpha value is -3.52. The van der Waals surface area contributed by atoms with Crippen LogP contribution < -0.4 is 9.47 Å². The lowest BCUT2D eigenvalue weighted by Gasteiger charge is -2.25. The van der Waals surface area contributed by atoms with E-state index in [4.69, 9.17) is 9.47 Å². The van der Waals surface area contributed by atoms with Crippen molar-refractivity contribution in [2.45, 2.75) is 0 Å². The van der Waals surface area contributed by atoms with Crippen LogP contribution in [0.5, 0.6) is 23.0 Å². The van der Waals surface area contributed by atoms with Crippen LogP contribution >= 0.6 is 0 Å². The second-order valence-corrected chi connectivity index (χ2v) is 6.57. The molecule has 2 nitrogen and oxygen atoms in total. The van der Waals surface area contributed by atoms with Crippen LogP contribution in [0.3, 0.4) is 0 Å². The lowest BCUT2D eigenvalue weighted by atomic mass is 9.99. The Morgan fingerprint density at radius 3 is 1.62 bits per heavy atom. The first-order chi connectivity index (χ1) is 12.9. The number of ether oxygens (including phenoxy) is 2. The number of hydrogen-bond acceptors (Lipinski definition) is 2. The van der Waals surface area contributed by atoms with Crippen LogP contribution in [0.15, 0.2) is 84.9 Å². The summed E-state index contributed by atoms with van der Waals surface area (Å²) in [6, 6.07) is 29.0.